The first-order valence-electron chi connectivity index (χ1n) is 11.7. The summed E-state index contributed by atoms with van der Waals surface area (Å²) in [5.74, 6) is 0.489. The van der Waals surface area contributed by atoms with E-state index in [9.17, 15) is 9.59 Å². The van der Waals surface area contributed by atoms with Crippen LogP contribution in [0.4, 0.5) is 0 Å². The van der Waals surface area contributed by atoms with Gasteiger partial charge in [0.1, 0.15) is 0 Å². The maximum atomic E-state index is 13.4. The average molecular weight is 445 g/mol. The topological polar surface area (TPSA) is 58.6 Å². The minimum Gasteiger partial charge on any atom is -0.377 e. The van der Waals surface area contributed by atoms with E-state index in [0.29, 0.717) is 25.4 Å². The van der Waals surface area contributed by atoms with E-state index < -0.39 is 0 Å². The second-order valence-corrected chi connectivity index (χ2v) is 8.82. The van der Waals surface area contributed by atoms with Crippen LogP contribution in [0.15, 0.2) is 60.7 Å². The van der Waals surface area contributed by atoms with Crippen molar-refractivity contribution in [3.63, 3.8) is 0 Å². The van der Waals surface area contributed by atoms with E-state index in [2.05, 4.69) is 41.7 Å². The number of likely N-dealkylation sites (tertiary alicyclic amines) is 1. The lowest BCUT2D eigenvalue weighted by molar-refractivity contribution is -0.121. The van der Waals surface area contributed by atoms with Gasteiger partial charge in [0.25, 0.3) is 5.91 Å². The third-order valence-electron chi connectivity index (χ3n) is 6.85. The number of ether oxygens (including phenoxy) is 1. The number of hydrogen-bond donors (Lipinski definition) is 1. The summed E-state index contributed by atoms with van der Waals surface area (Å²) in [6.07, 6.45) is 2.32. The summed E-state index contributed by atoms with van der Waals surface area (Å²) in [6, 6.07) is 20.6. The Kier molecular flexibility index (Phi) is 7.09. The lowest BCUT2D eigenvalue weighted by atomic mass is 9.91. The molecule has 1 aliphatic heterocycles. The lowest BCUT2D eigenvalue weighted by Gasteiger charge is -2.32. The molecule has 4 rings (SSSR count). The summed E-state index contributed by atoms with van der Waals surface area (Å²) in [5, 5.41) is 4.75. The van der Waals surface area contributed by atoms with Crippen LogP contribution in [0.5, 0.6) is 0 Å². The van der Waals surface area contributed by atoms with Crippen molar-refractivity contribution in [2.75, 3.05) is 27.2 Å². The fourth-order valence-electron chi connectivity index (χ4n) is 4.68. The Labute approximate surface area is 195 Å². The van der Waals surface area contributed by atoms with Gasteiger partial charge in [-0.25, -0.2) is 0 Å². The Balaban J connectivity index is 1.58. The molecule has 172 valence electrons. The van der Waals surface area contributed by atoms with E-state index in [1.54, 1.807) is 14.2 Å². The highest BCUT2D eigenvalue weighted by Gasteiger charge is 2.26. The largest absolute Gasteiger partial charge is 0.377 e. The molecule has 3 aromatic carbocycles. The van der Waals surface area contributed by atoms with Gasteiger partial charge >= 0.3 is 0 Å². The predicted molar refractivity (Wildman–Crippen MR) is 132 cm³/mol. The molecule has 1 unspecified atom stereocenters. The van der Waals surface area contributed by atoms with Crippen molar-refractivity contribution in [3.8, 4) is 11.1 Å². The first-order valence-corrected chi connectivity index (χ1v) is 11.7. The van der Waals surface area contributed by atoms with Gasteiger partial charge in [-0.15, -0.1) is 0 Å². The van der Waals surface area contributed by atoms with Crippen molar-refractivity contribution >= 4 is 22.6 Å². The second kappa shape index (κ2) is 10.2. The number of rotatable bonds is 6. The van der Waals surface area contributed by atoms with Crippen molar-refractivity contribution in [2.24, 2.45) is 5.92 Å². The molecule has 33 heavy (non-hydrogen) atoms. The second-order valence-electron chi connectivity index (χ2n) is 8.82. The normalized spacial score (nSPS) is 15.4. The maximum Gasteiger partial charge on any atom is 0.254 e. The number of carbonyl (C=O) groups excluding carboxylic acids is 2. The van der Waals surface area contributed by atoms with E-state index in [-0.39, 0.29) is 17.9 Å². The zero-order chi connectivity index (χ0) is 23.4. The summed E-state index contributed by atoms with van der Waals surface area (Å²) in [4.78, 5) is 27.0. The highest BCUT2D eigenvalue weighted by Crippen LogP contribution is 2.33. The Morgan fingerprint density at radius 3 is 2.30 bits per heavy atom. The van der Waals surface area contributed by atoms with Crippen LogP contribution in [0.3, 0.4) is 0 Å². The molecular formula is C28H32N2O3. The van der Waals surface area contributed by atoms with E-state index in [1.165, 1.54) is 0 Å². The number of nitrogens with zero attached hydrogens (tertiary/aromatic N) is 1. The molecule has 0 aliphatic carbocycles. The molecule has 5 nitrogen and oxygen atoms in total. The summed E-state index contributed by atoms with van der Waals surface area (Å²) in [7, 11) is 3.39. The predicted octanol–water partition coefficient (Wildman–Crippen LogP) is 5.20. The third-order valence-corrected chi connectivity index (χ3v) is 6.85. The average Bonchev–Trinajstić information content (AvgIpc) is 2.87. The van der Waals surface area contributed by atoms with Gasteiger partial charge in [0.05, 0.1) is 6.10 Å². The fourth-order valence-corrected chi connectivity index (χ4v) is 4.68. The number of benzene rings is 3. The number of nitrogens with one attached hydrogen (secondary N) is 1. The smallest absolute Gasteiger partial charge is 0.254 e. The molecule has 0 bridgehead atoms. The van der Waals surface area contributed by atoms with Crippen molar-refractivity contribution in [1.82, 2.24) is 10.2 Å². The van der Waals surface area contributed by atoms with E-state index in [0.717, 1.165) is 45.9 Å². The van der Waals surface area contributed by atoms with Gasteiger partial charge in [-0.1, -0.05) is 54.6 Å². The van der Waals surface area contributed by atoms with Crippen LogP contribution < -0.4 is 5.32 Å². The molecule has 1 fully saturated rings. The molecule has 0 radical (unpaired) electrons. The quantitative estimate of drug-likeness (QED) is 0.568. The van der Waals surface area contributed by atoms with Crippen LogP contribution in [0.1, 0.15) is 48.2 Å². The molecule has 1 aliphatic rings. The molecule has 2 amide bonds. The Morgan fingerprint density at radius 1 is 1.00 bits per heavy atom. The molecular weight excluding hydrogens is 412 g/mol. The van der Waals surface area contributed by atoms with Crippen molar-refractivity contribution in [1.29, 1.82) is 0 Å². The molecule has 5 heteroatoms. The summed E-state index contributed by atoms with van der Waals surface area (Å²) < 4.78 is 5.42. The third kappa shape index (κ3) is 4.93. The van der Waals surface area contributed by atoms with Gasteiger partial charge in [-0.05, 0) is 59.2 Å². The van der Waals surface area contributed by atoms with Crippen LogP contribution in [-0.2, 0) is 9.53 Å². The minimum absolute atomic E-state index is 0.0521. The summed E-state index contributed by atoms with van der Waals surface area (Å²) in [5.41, 5.74) is 4.11. The number of piperidine rings is 1. The lowest BCUT2D eigenvalue weighted by Crippen LogP contribution is -2.39. The molecule has 0 saturated carbocycles. The van der Waals surface area contributed by atoms with E-state index in [1.807, 2.05) is 36.1 Å². The summed E-state index contributed by atoms with van der Waals surface area (Å²) in [6.45, 7) is 3.41. The SMILES string of the molecule is CNC(=O)CC1CCN(C(=O)c2ccc(-c3ccc(C(C)OC)cc3)c3ccccc23)CC1. The van der Waals surface area contributed by atoms with E-state index in [4.69, 9.17) is 4.74 Å². The maximum absolute atomic E-state index is 13.4. The van der Waals surface area contributed by atoms with Crippen LogP contribution >= 0.6 is 0 Å². The highest BCUT2D eigenvalue weighted by molar-refractivity contribution is 6.11. The van der Waals surface area contributed by atoms with Crippen LogP contribution in [0, 0.1) is 5.92 Å². The van der Waals surface area contributed by atoms with Gasteiger partial charge in [0.15, 0.2) is 0 Å². The highest BCUT2D eigenvalue weighted by atomic mass is 16.5. The van der Waals surface area contributed by atoms with Crippen LogP contribution in [-0.4, -0.2) is 44.0 Å². The van der Waals surface area contributed by atoms with Gasteiger partial charge in [0.2, 0.25) is 5.91 Å². The van der Waals surface area contributed by atoms with Crippen molar-refractivity contribution in [2.45, 2.75) is 32.3 Å². The van der Waals surface area contributed by atoms with Gasteiger partial charge in [-0.3, -0.25) is 9.59 Å². The molecule has 3 aromatic rings. The van der Waals surface area contributed by atoms with Gasteiger partial charge in [-0.2, -0.15) is 0 Å². The summed E-state index contributed by atoms with van der Waals surface area (Å²) >= 11 is 0. The molecule has 1 saturated heterocycles. The van der Waals surface area contributed by atoms with Crippen molar-refractivity contribution < 1.29 is 14.3 Å². The zero-order valence-corrected chi connectivity index (χ0v) is 19.6. The molecule has 1 heterocycles. The van der Waals surface area contributed by atoms with Crippen molar-refractivity contribution in [3.05, 3.63) is 71.8 Å². The number of hydrogen-bond acceptors (Lipinski definition) is 3. The molecule has 0 aromatic heterocycles. The van der Waals surface area contributed by atoms with Gasteiger partial charge < -0.3 is 15.0 Å². The Bertz CT molecular complexity index is 1130. The zero-order valence-electron chi connectivity index (χ0n) is 19.6. The molecule has 1 atom stereocenters. The fraction of sp³-hybridized carbons (Fsp3) is 0.357. The number of methoxy groups -OCH3 is 1. The minimum atomic E-state index is 0.0521. The molecule has 0 spiro atoms. The number of fused-ring (bicyclic) bond motifs is 1. The van der Waals surface area contributed by atoms with Gasteiger partial charge in [0, 0.05) is 39.2 Å². The standard InChI is InChI=1S/C28H32N2O3/c1-19(33-3)21-8-10-22(11-9-21)23-12-13-26(25-7-5-4-6-24(23)25)28(32)30-16-14-20(15-17-30)18-27(31)29-2/h4-13,19-20H,14-18H2,1-3H3,(H,29,31). The Hall–Kier alpha value is -3.18. The molecule has 1 N–H and O–H groups in total. The Morgan fingerprint density at radius 2 is 1.67 bits per heavy atom. The van der Waals surface area contributed by atoms with Crippen LogP contribution in [0.2, 0.25) is 0 Å². The number of amides is 2. The van der Waals surface area contributed by atoms with Crippen LogP contribution in [0.25, 0.3) is 21.9 Å². The first kappa shape index (κ1) is 23.0. The number of carbonyl (C=O) groups is 2. The van der Waals surface area contributed by atoms with E-state index >= 15 is 0 Å². The first-order chi connectivity index (χ1) is 16.0. The monoisotopic (exact) mass is 444 g/mol.